The van der Waals surface area contributed by atoms with Crippen LogP contribution in [0.1, 0.15) is 23.5 Å². The van der Waals surface area contributed by atoms with E-state index in [0.29, 0.717) is 5.92 Å². The molecule has 9 rings (SSSR count). The number of benzene rings is 7. The minimum Gasteiger partial charge on any atom is -0.456 e. The molecule has 45 heavy (non-hydrogen) atoms. The van der Waals surface area contributed by atoms with E-state index in [2.05, 4.69) is 164 Å². The molecule has 0 radical (unpaired) electrons. The van der Waals surface area contributed by atoms with Crippen molar-refractivity contribution in [2.24, 2.45) is 0 Å². The second-order valence-corrected chi connectivity index (χ2v) is 12.0. The molecular formula is C44H30O. The largest absolute Gasteiger partial charge is 0.456 e. The van der Waals surface area contributed by atoms with Crippen LogP contribution in [-0.2, 0) is 0 Å². The second-order valence-electron chi connectivity index (χ2n) is 12.0. The van der Waals surface area contributed by atoms with E-state index in [9.17, 15) is 0 Å². The highest BCUT2D eigenvalue weighted by atomic mass is 16.5. The Hall–Kier alpha value is -5.66. The summed E-state index contributed by atoms with van der Waals surface area (Å²) in [7, 11) is 0. The quantitative estimate of drug-likeness (QED) is 0.191. The van der Waals surface area contributed by atoms with Crippen molar-refractivity contribution in [1.82, 2.24) is 0 Å². The molecule has 1 nitrogen and oxygen atoms in total. The molecule has 0 N–H and O–H groups in total. The third-order valence-electron chi connectivity index (χ3n) is 9.45. The fourth-order valence-corrected chi connectivity index (χ4v) is 7.40. The van der Waals surface area contributed by atoms with Crippen molar-refractivity contribution in [1.29, 1.82) is 0 Å². The molecule has 212 valence electrons. The Morgan fingerprint density at radius 2 is 1.02 bits per heavy atom. The van der Waals surface area contributed by atoms with Crippen LogP contribution in [0.2, 0.25) is 0 Å². The molecule has 1 aliphatic heterocycles. The van der Waals surface area contributed by atoms with Gasteiger partial charge in [-0.3, -0.25) is 0 Å². The number of hydrogen-bond acceptors (Lipinski definition) is 1. The first kappa shape index (κ1) is 25.8. The number of allylic oxidation sites excluding steroid dienone is 3. The van der Waals surface area contributed by atoms with Gasteiger partial charge in [0.25, 0.3) is 0 Å². The average Bonchev–Trinajstić information content (AvgIpc) is 3.25. The Labute approximate surface area is 263 Å². The van der Waals surface area contributed by atoms with Crippen LogP contribution in [0.25, 0.3) is 60.5 Å². The molecule has 1 aliphatic carbocycles. The third-order valence-corrected chi connectivity index (χ3v) is 9.45. The fourth-order valence-electron chi connectivity index (χ4n) is 7.40. The maximum absolute atomic E-state index is 6.76. The van der Waals surface area contributed by atoms with Gasteiger partial charge in [-0.25, -0.2) is 0 Å². The minimum absolute atomic E-state index is 0.319. The summed E-state index contributed by atoms with van der Waals surface area (Å²) in [5.41, 5.74) is 11.2. The van der Waals surface area contributed by atoms with Crippen LogP contribution in [0.5, 0.6) is 5.75 Å². The van der Waals surface area contributed by atoms with Gasteiger partial charge in [0, 0.05) is 17.1 Å². The summed E-state index contributed by atoms with van der Waals surface area (Å²) >= 11 is 0. The Kier molecular flexibility index (Phi) is 6.02. The van der Waals surface area contributed by atoms with E-state index in [1.165, 1.54) is 66.1 Å². The highest BCUT2D eigenvalue weighted by Crippen LogP contribution is 2.49. The Morgan fingerprint density at radius 1 is 0.467 bits per heavy atom. The summed E-state index contributed by atoms with van der Waals surface area (Å²) in [6.07, 6.45) is 5.38. The van der Waals surface area contributed by atoms with Crippen LogP contribution < -0.4 is 4.74 Å². The highest BCUT2D eigenvalue weighted by Gasteiger charge is 2.27. The van der Waals surface area contributed by atoms with Crippen molar-refractivity contribution in [2.45, 2.75) is 12.3 Å². The monoisotopic (exact) mass is 574 g/mol. The minimum atomic E-state index is 0.319. The lowest BCUT2D eigenvalue weighted by Gasteiger charge is -2.22. The predicted molar refractivity (Wildman–Crippen MR) is 188 cm³/mol. The van der Waals surface area contributed by atoms with Crippen molar-refractivity contribution >= 4 is 27.1 Å². The van der Waals surface area contributed by atoms with E-state index < -0.39 is 0 Å². The standard InChI is InChI=1S/C44H30O/c1-3-13-29(14-4-1)31-23-25-41-39(27-31)33-17-7-8-18-34(33)40-28-32(24-26-42(40)45-41)44-37-21-11-9-19-35(37)43(30-15-5-2-6-16-30)36-20-10-12-22-38(36)44/h1-26,28,31H,27H2/t31-/m1/s1. The summed E-state index contributed by atoms with van der Waals surface area (Å²) in [6.45, 7) is 0. The normalized spacial score (nSPS) is 15.2. The first-order chi connectivity index (χ1) is 22.3. The van der Waals surface area contributed by atoms with Crippen LogP contribution >= 0.6 is 0 Å². The highest BCUT2D eigenvalue weighted by molar-refractivity contribution is 6.21. The van der Waals surface area contributed by atoms with E-state index >= 15 is 0 Å². The van der Waals surface area contributed by atoms with Crippen molar-refractivity contribution in [3.8, 4) is 39.1 Å². The third kappa shape index (κ3) is 4.24. The molecule has 7 aromatic rings. The lowest BCUT2D eigenvalue weighted by Crippen LogP contribution is -2.07. The van der Waals surface area contributed by atoms with Crippen molar-refractivity contribution in [3.63, 3.8) is 0 Å². The van der Waals surface area contributed by atoms with Crippen LogP contribution in [0, 0.1) is 0 Å². The van der Waals surface area contributed by atoms with Gasteiger partial charge < -0.3 is 4.74 Å². The zero-order chi connectivity index (χ0) is 29.7. The van der Waals surface area contributed by atoms with Gasteiger partial charge in [-0.1, -0.05) is 146 Å². The van der Waals surface area contributed by atoms with E-state index in [-0.39, 0.29) is 0 Å². The SMILES string of the molecule is C1=C[C@@H](c2ccccc2)CC2=C1Oc1ccc(-c3c4ccccc4c(-c4ccccc4)c4ccccc34)cc1-c1ccccc12. The van der Waals surface area contributed by atoms with Gasteiger partial charge in [0.05, 0.1) is 0 Å². The summed E-state index contributed by atoms with van der Waals surface area (Å²) in [5.74, 6) is 2.16. The number of ether oxygens (including phenoxy) is 1. The molecule has 0 fully saturated rings. The lowest BCUT2D eigenvalue weighted by atomic mass is 9.82. The van der Waals surface area contributed by atoms with E-state index in [1.807, 2.05) is 0 Å². The molecule has 7 aromatic carbocycles. The van der Waals surface area contributed by atoms with Gasteiger partial charge in [-0.05, 0) is 85.1 Å². The molecule has 0 spiro atoms. The second kappa shape index (κ2) is 10.5. The van der Waals surface area contributed by atoms with Gasteiger partial charge in [0.15, 0.2) is 0 Å². The summed E-state index contributed by atoms with van der Waals surface area (Å²) in [6, 6.07) is 54.8. The van der Waals surface area contributed by atoms with Gasteiger partial charge in [-0.2, -0.15) is 0 Å². The Balaban J connectivity index is 1.24. The molecule has 0 aromatic heterocycles. The Bertz CT molecular complexity index is 2250. The molecular weight excluding hydrogens is 544 g/mol. The molecule has 0 bridgehead atoms. The van der Waals surface area contributed by atoms with Gasteiger partial charge in [0.1, 0.15) is 11.5 Å². The number of rotatable bonds is 3. The van der Waals surface area contributed by atoms with Crippen LogP contribution in [0.4, 0.5) is 0 Å². The van der Waals surface area contributed by atoms with Crippen molar-refractivity contribution in [3.05, 3.63) is 181 Å². The Morgan fingerprint density at radius 3 is 1.69 bits per heavy atom. The topological polar surface area (TPSA) is 9.23 Å². The first-order valence-electron chi connectivity index (χ1n) is 15.7. The molecule has 2 aliphatic rings. The van der Waals surface area contributed by atoms with Gasteiger partial charge in [0.2, 0.25) is 0 Å². The maximum Gasteiger partial charge on any atom is 0.135 e. The van der Waals surface area contributed by atoms with Crippen LogP contribution in [0.15, 0.2) is 170 Å². The predicted octanol–water partition coefficient (Wildman–Crippen LogP) is 11.8. The first-order valence-corrected chi connectivity index (χ1v) is 15.7. The van der Waals surface area contributed by atoms with Crippen LogP contribution in [0.3, 0.4) is 0 Å². The number of fused-ring (bicyclic) bond motifs is 6. The van der Waals surface area contributed by atoms with Crippen LogP contribution in [-0.4, -0.2) is 0 Å². The average molecular weight is 575 g/mol. The molecule has 1 atom stereocenters. The molecule has 1 heteroatoms. The van der Waals surface area contributed by atoms with E-state index in [4.69, 9.17) is 4.74 Å². The van der Waals surface area contributed by atoms with Crippen molar-refractivity contribution in [2.75, 3.05) is 0 Å². The molecule has 1 heterocycles. The van der Waals surface area contributed by atoms with E-state index in [1.54, 1.807) is 0 Å². The van der Waals surface area contributed by atoms with E-state index in [0.717, 1.165) is 23.5 Å². The van der Waals surface area contributed by atoms with Gasteiger partial charge in [-0.15, -0.1) is 0 Å². The maximum atomic E-state index is 6.76. The van der Waals surface area contributed by atoms with Gasteiger partial charge >= 0.3 is 0 Å². The molecule has 0 unspecified atom stereocenters. The zero-order valence-electron chi connectivity index (χ0n) is 24.8. The summed E-state index contributed by atoms with van der Waals surface area (Å²) < 4.78 is 6.76. The smallest absolute Gasteiger partial charge is 0.135 e. The van der Waals surface area contributed by atoms with Crippen molar-refractivity contribution < 1.29 is 4.74 Å². The summed E-state index contributed by atoms with van der Waals surface area (Å²) in [5, 5.41) is 5.03. The molecule has 0 saturated carbocycles. The number of hydrogen-bond donors (Lipinski definition) is 0. The lowest BCUT2D eigenvalue weighted by molar-refractivity contribution is 0.445. The fraction of sp³-hybridized carbons (Fsp3) is 0.0455. The zero-order valence-corrected chi connectivity index (χ0v) is 24.8. The molecule has 0 saturated heterocycles. The summed E-state index contributed by atoms with van der Waals surface area (Å²) in [4.78, 5) is 0. The molecule has 0 amide bonds.